The first kappa shape index (κ1) is 18.9. The van der Waals surface area contributed by atoms with Crippen LogP contribution in [-0.4, -0.2) is 22.3 Å². The molecule has 0 atom stereocenters. The number of aromatic hydroxyl groups is 1. The van der Waals surface area contributed by atoms with E-state index in [4.69, 9.17) is 16.7 Å². The number of primary sulfonamides is 1. The fourth-order valence-corrected chi connectivity index (χ4v) is 4.14. The third-order valence-corrected chi connectivity index (χ3v) is 5.87. The second-order valence-electron chi connectivity index (χ2n) is 5.01. The molecule has 0 bridgehead atoms. The zero-order valence-corrected chi connectivity index (χ0v) is 16.7. The lowest BCUT2D eigenvalue weighted by Gasteiger charge is -2.12. The minimum atomic E-state index is -4.21. The molecule has 0 fully saturated rings. The van der Waals surface area contributed by atoms with Gasteiger partial charge in [-0.1, -0.05) is 23.7 Å². The largest absolute Gasteiger partial charge is 0.504 e. The molecule has 0 saturated carbocycles. The third-order valence-electron chi connectivity index (χ3n) is 3.24. The lowest BCUT2D eigenvalue weighted by Crippen LogP contribution is -2.13. The first-order valence-electron chi connectivity index (χ1n) is 6.93. The topological polar surface area (TPSA) is 130 Å². The van der Waals surface area contributed by atoms with Crippen LogP contribution >= 0.6 is 39.3 Å². The van der Waals surface area contributed by atoms with Crippen molar-refractivity contribution in [2.45, 2.75) is 4.90 Å². The minimum absolute atomic E-state index is 0.0707. The number of hydrogen-bond acceptors (Lipinski definition) is 8. The van der Waals surface area contributed by atoms with E-state index in [1.807, 2.05) is 24.3 Å². The molecule has 0 radical (unpaired) electrons. The number of nitrogens with zero attached hydrogens (tertiary/aromatic N) is 2. The highest BCUT2D eigenvalue weighted by Gasteiger charge is 2.22. The fourth-order valence-electron chi connectivity index (χ4n) is 2.09. The molecule has 0 aliphatic carbocycles. The van der Waals surface area contributed by atoms with Gasteiger partial charge in [-0.25, -0.2) is 13.6 Å². The van der Waals surface area contributed by atoms with E-state index in [2.05, 4.69) is 35.3 Å². The van der Waals surface area contributed by atoms with Gasteiger partial charge >= 0.3 is 0 Å². The highest BCUT2D eigenvalue weighted by atomic mass is 79.9. The summed E-state index contributed by atoms with van der Waals surface area (Å²) in [4.78, 5) is -0.562. The van der Waals surface area contributed by atoms with Crippen LogP contribution in [0, 0.1) is 0 Å². The van der Waals surface area contributed by atoms with Gasteiger partial charge in [-0.3, -0.25) is 0 Å². The van der Waals surface area contributed by atoms with Gasteiger partial charge in [0.15, 0.2) is 17.4 Å². The van der Waals surface area contributed by atoms with E-state index in [1.165, 1.54) is 12.1 Å². The maximum atomic E-state index is 11.6. The molecule has 0 amide bonds. The van der Waals surface area contributed by atoms with Crippen molar-refractivity contribution >= 4 is 72.3 Å². The van der Waals surface area contributed by atoms with Crippen molar-refractivity contribution < 1.29 is 13.5 Å². The molecule has 1 aromatic heterocycles. The van der Waals surface area contributed by atoms with E-state index in [1.54, 1.807) is 0 Å². The summed E-state index contributed by atoms with van der Waals surface area (Å²) >= 11 is 10.2. The summed E-state index contributed by atoms with van der Waals surface area (Å²) in [6.45, 7) is 0. The van der Waals surface area contributed by atoms with Crippen molar-refractivity contribution in [2.75, 3.05) is 10.6 Å². The highest BCUT2D eigenvalue weighted by Crippen LogP contribution is 2.38. The van der Waals surface area contributed by atoms with E-state index in [-0.39, 0.29) is 10.7 Å². The van der Waals surface area contributed by atoms with Crippen molar-refractivity contribution in [1.29, 1.82) is 0 Å². The van der Waals surface area contributed by atoms with Crippen LogP contribution in [0.2, 0.25) is 5.02 Å². The maximum absolute atomic E-state index is 11.6. The lowest BCUT2D eigenvalue weighted by molar-refractivity contribution is 0.461. The number of rotatable bonds is 5. The number of halogens is 2. The zero-order chi connectivity index (χ0) is 18.9. The molecule has 0 saturated heterocycles. The van der Waals surface area contributed by atoms with E-state index in [0.29, 0.717) is 11.6 Å². The predicted molar refractivity (Wildman–Crippen MR) is 105 cm³/mol. The summed E-state index contributed by atoms with van der Waals surface area (Å²) in [5.74, 6) is 0.0944. The molecule has 26 heavy (non-hydrogen) atoms. The number of anilines is 4. The number of para-hydroxylation sites is 1. The Morgan fingerprint density at radius 2 is 1.69 bits per heavy atom. The van der Waals surface area contributed by atoms with Crippen LogP contribution < -0.4 is 15.8 Å². The Morgan fingerprint density at radius 3 is 2.31 bits per heavy atom. The fraction of sp³-hybridized carbons (Fsp3) is 0. The van der Waals surface area contributed by atoms with E-state index in [0.717, 1.165) is 21.9 Å². The van der Waals surface area contributed by atoms with Gasteiger partial charge in [0, 0.05) is 4.47 Å². The number of phenolic OH excluding ortho intramolecular Hbond substituents is 1. The van der Waals surface area contributed by atoms with Crippen molar-refractivity contribution in [2.24, 2.45) is 5.14 Å². The quantitative estimate of drug-likeness (QED) is 0.412. The molecule has 0 aliphatic heterocycles. The Hall–Kier alpha value is -1.92. The SMILES string of the molecule is NS(=O)(=O)c1c(Cl)ccc(Nc2nsnc2Nc2ccccc2Br)c1O. The van der Waals surface area contributed by atoms with Gasteiger partial charge in [0.2, 0.25) is 10.0 Å². The summed E-state index contributed by atoms with van der Waals surface area (Å²) < 4.78 is 32.4. The molecular formula is C14H11BrClN5O3S2. The molecule has 0 unspecified atom stereocenters. The van der Waals surface area contributed by atoms with Gasteiger partial charge in [0.25, 0.3) is 0 Å². The second kappa shape index (κ2) is 7.37. The Kier molecular flexibility index (Phi) is 5.34. The smallest absolute Gasteiger partial charge is 0.243 e. The van der Waals surface area contributed by atoms with Crippen LogP contribution in [0.5, 0.6) is 5.75 Å². The summed E-state index contributed by atoms with van der Waals surface area (Å²) in [6.07, 6.45) is 0. The van der Waals surface area contributed by atoms with Crippen LogP contribution in [0.1, 0.15) is 0 Å². The summed E-state index contributed by atoms with van der Waals surface area (Å²) in [5, 5.41) is 21.1. The monoisotopic (exact) mass is 475 g/mol. The van der Waals surface area contributed by atoms with Crippen molar-refractivity contribution in [3.63, 3.8) is 0 Å². The molecule has 12 heteroatoms. The Bertz CT molecular complexity index is 1070. The number of nitrogens with two attached hydrogens (primary N) is 1. The normalized spacial score (nSPS) is 11.3. The van der Waals surface area contributed by atoms with Crippen LogP contribution in [-0.2, 0) is 10.0 Å². The predicted octanol–water partition coefficient (Wildman–Crippen LogP) is 3.79. The van der Waals surface area contributed by atoms with Crippen LogP contribution in [0.4, 0.5) is 23.0 Å². The van der Waals surface area contributed by atoms with Crippen molar-refractivity contribution in [3.8, 4) is 5.75 Å². The van der Waals surface area contributed by atoms with E-state index >= 15 is 0 Å². The van der Waals surface area contributed by atoms with Gasteiger partial charge in [-0.15, -0.1) is 0 Å². The average molecular weight is 477 g/mol. The molecule has 0 spiro atoms. The van der Waals surface area contributed by atoms with Gasteiger partial charge in [0.1, 0.15) is 4.90 Å². The van der Waals surface area contributed by atoms with Crippen LogP contribution in [0.3, 0.4) is 0 Å². The molecule has 136 valence electrons. The number of hydrogen-bond donors (Lipinski definition) is 4. The minimum Gasteiger partial charge on any atom is -0.504 e. The number of phenols is 1. The van der Waals surface area contributed by atoms with E-state index < -0.39 is 20.7 Å². The second-order valence-corrected chi connectivity index (χ2v) is 8.30. The molecule has 1 heterocycles. The number of benzene rings is 2. The first-order chi connectivity index (χ1) is 12.3. The maximum Gasteiger partial charge on any atom is 0.243 e. The van der Waals surface area contributed by atoms with E-state index in [9.17, 15) is 13.5 Å². The third kappa shape index (κ3) is 3.91. The van der Waals surface area contributed by atoms with Gasteiger partial charge < -0.3 is 15.7 Å². The van der Waals surface area contributed by atoms with Crippen molar-refractivity contribution in [1.82, 2.24) is 8.75 Å². The van der Waals surface area contributed by atoms with Gasteiger partial charge in [-0.05, 0) is 40.2 Å². The Morgan fingerprint density at radius 1 is 1.08 bits per heavy atom. The summed E-state index contributed by atoms with van der Waals surface area (Å²) in [6, 6.07) is 10.1. The molecular weight excluding hydrogens is 466 g/mol. The molecule has 3 rings (SSSR count). The van der Waals surface area contributed by atoms with Crippen LogP contribution in [0.15, 0.2) is 45.8 Å². The number of sulfonamides is 1. The number of aromatic nitrogens is 2. The standard InChI is InChI=1S/C14H11BrClN5O3S2/c15-7-3-1-2-4-9(7)18-13-14(21-25-20-13)19-10-6-5-8(16)12(11(10)22)26(17,23)24/h1-6,22H,(H,18,20)(H,19,21)(H2,17,23,24). The van der Waals surface area contributed by atoms with Gasteiger partial charge in [0.05, 0.1) is 28.1 Å². The molecule has 2 aromatic carbocycles. The number of nitrogens with one attached hydrogen (secondary N) is 2. The Balaban J connectivity index is 1.95. The highest BCUT2D eigenvalue weighted by molar-refractivity contribution is 9.10. The average Bonchev–Trinajstić information content (AvgIpc) is 2.98. The molecule has 0 aliphatic rings. The Labute approximate surface area is 166 Å². The molecule has 5 N–H and O–H groups in total. The molecule has 8 nitrogen and oxygen atoms in total. The lowest BCUT2D eigenvalue weighted by atomic mass is 10.3. The summed E-state index contributed by atoms with van der Waals surface area (Å²) in [5.41, 5.74) is 0.829. The van der Waals surface area contributed by atoms with Crippen LogP contribution in [0.25, 0.3) is 0 Å². The van der Waals surface area contributed by atoms with Crippen molar-refractivity contribution in [3.05, 3.63) is 45.9 Å². The molecule has 3 aromatic rings. The zero-order valence-electron chi connectivity index (χ0n) is 12.8. The summed E-state index contributed by atoms with van der Waals surface area (Å²) in [7, 11) is -4.21. The van der Waals surface area contributed by atoms with Gasteiger partial charge in [-0.2, -0.15) is 8.75 Å². The first-order valence-corrected chi connectivity index (χ1v) is 10.4.